The van der Waals surface area contributed by atoms with Gasteiger partial charge in [0.1, 0.15) is 11.4 Å². The minimum absolute atomic E-state index is 0.0171. The zero-order valence-corrected chi connectivity index (χ0v) is 18.3. The molecule has 0 unspecified atom stereocenters. The van der Waals surface area contributed by atoms with E-state index in [9.17, 15) is 13.2 Å². The Hall–Kier alpha value is -2.45. The number of nitrogens with zero attached hydrogens (tertiary/aromatic N) is 1. The van der Waals surface area contributed by atoms with E-state index in [0.717, 1.165) is 31.2 Å². The van der Waals surface area contributed by atoms with Crippen molar-refractivity contribution in [1.29, 1.82) is 0 Å². The quantitative estimate of drug-likeness (QED) is 0.629. The van der Waals surface area contributed by atoms with E-state index in [2.05, 4.69) is 15.2 Å². The molecule has 7 nitrogen and oxygen atoms in total. The van der Waals surface area contributed by atoms with Gasteiger partial charge in [-0.15, -0.1) is 0 Å². The smallest absolute Gasteiger partial charge is 0.240 e. The predicted octanol–water partition coefficient (Wildman–Crippen LogP) is 4.50. The summed E-state index contributed by atoms with van der Waals surface area (Å²) in [5, 5.41) is 6.68. The first kappa shape index (κ1) is 22.2. The number of amides is 1. The number of anilines is 1. The number of hydrogen-bond acceptors (Lipinski definition) is 5. The van der Waals surface area contributed by atoms with E-state index in [1.807, 2.05) is 0 Å². The number of benzene rings is 1. The van der Waals surface area contributed by atoms with Gasteiger partial charge in [-0.05, 0) is 43.5 Å². The molecule has 0 atom stereocenters. The number of rotatable bonds is 7. The van der Waals surface area contributed by atoms with Gasteiger partial charge in [0.2, 0.25) is 15.9 Å². The summed E-state index contributed by atoms with van der Waals surface area (Å²) in [6.45, 7) is 3.53. The molecule has 1 heterocycles. The maximum absolute atomic E-state index is 12.7. The molecule has 1 saturated carbocycles. The third kappa shape index (κ3) is 5.79. The fraction of sp³-hybridized carbons (Fsp3) is 0.455. The van der Waals surface area contributed by atoms with Crippen LogP contribution in [0.2, 0.25) is 0 Å². The molecule has 1 aliphatic carbocycles. The highest BCUT2D eigenvalue weighted by atomic mass is 32.2. The first-order valence-electron chi connectivity index (χ1n) is 10.5. The molecule has 0 bridgehead atoms. The lowest BCUT2D eigenvalue weighted by atomic mass is 10.1. The summed E-state index contributed by atoms with van der Waals surface area (Å²) < 4.78 is 33.5. The highest BCUT2D eigenvalue weighted by molar-refractivity contribution is 7.89. The van der Waals surface area contributed by atoms with Crippen molar-refractivity contribution in [3.63, 3.8) is 0 Å². The van der Waals surface area contributed by atoms with Gasteiger partial charge in [-0.1, -0.05) is 56.0 Å². The molecule has 1 aromatic carbocycles. The average molecular weight is 432 g/mol. The Balaban J connectivity index is 1.69. The lowest BCUT2D eigenvalue weighted by Gasteiger charge is -2.16. The first-order valence-corrected chi connectivity index (χ1v) is 11.9. The molecule has 1 aliphatic rings. The Morgan fingerprint density at radius 3 is 2.43 bits per heavy atom. The Morgan fingerprint density at radius 1 is 1.13 bits per heavy atom. The molecule has 0 radical (unpaired) electrons. The number of hydrogen-bond donors (Lipinski definition) is 2. The van der Waals surface area contributed by atoms with Crippen LogP contribution in [0.5, 0.6) is 0 Å². The molecule has 0 saturated heterocycles. The van der Waals surface area contributed by atoms with Gasteiger partial charge < -0.3 is 9.84 Å². The largest absolute Gasteiger partial charge is 0.354 e. The predicted molar refractivity (Wildman–Crippen MR) is 117 cm³/mol. The van der Waals surface area contributed by atoms with Crippen molar-refractivity contribution in [3.8, 4) is 0 Å². The molecule has 1 fully saturated rings. The minimum Gasteiger partial charge on any atom is -0.354 e. The third-order valence-electron chi connectivity index (χ3n) is 5.27. The number of nitrogens with one attached hydrogen (secondary N) is 2. The van der Waals surface area contributed by atoms with Crippen LogP contribution < -0.4 is 10.0 Å². The number of sulfonamides is 1. The Morgan fingerprint density at radius 2 is 1.80 bits per heavy atom. The van der Waals surface area contributed by atoms with Crippen molar-refractivity contribution in [2.75, 3.05) is 5.32 Å². The van der Waals surface area contributed by atoms with E-state index in [1.54, 1.807) is 50.3 Å². The van der Waals surface area contributed by atoms with E-state index in [-0.39, 0.29) is 16.8 Å². The van der Waals surface area contributed by atoms with Crippen molar-refractivity contribution in [1.82, 2.24) is 9.88 Å². The van der Waals surface area contributed by atoms with Gasteiger partial charge >= 0.3 is 0 Å². The highest BCUT2D eigenvalue weighted by Gasteiger charge is 2.21. The van der Waals surface area contributed by atoms with Gasteiger partial charge in [-0.25, -0.2) is 13.1 Å². The second-order valence-electron chi connectivity index (χ2n) is 7.62. The number of aromatic nitrogens is 1. The van der Waals surface area contributed by atoms with Gasteiger partial charge in [-0.2, -0.15) is 0 Å². The summed E-state index contributed by atoms with van der Waals surface area (Å²) in [5.74, 6) is 0.327. The van der Waals surface area contributed by atoms with E-state index < -0.39 is 10.0 Å². The van der Waals surface area contributed by atoms with Crippen LogP contribution in [-0.4, -0.2) is 25.5 Å². The topological polar surface area (TPSA) is 101 Å². The maximum Gasteiger partial charge on any atom is 0.240 e. The molecular weight excluding hydrogens is 402 g/mol. The van der Waals surface area contributed by atoms with Gasteiger partial charge in [-0.3, -0.25) is 4.79 Å². The van der Waals surface area contributed by atoms with Crippen LogP contribution in [0.4, 0.5) is 5.69 Å². The maximum atomic E-state index is 12.7. The fourth-order valence-electron chi connectivity index (χ4n) is 3.50. The normalized spacial score (nSPS) is 15.9. The van der Waals surface area contributed by atoms with E-state index >= 15 is 0 Å². The highest BCUT2D eigenvalue weighted by Crippen LogP contribution is 2.23. The van der Waals surface area contributed by atoms with E-state index in [0.29, 0.717) is 23.6 Å². The minimum atomic E-state index is -3.53. The Kier molecular flexibility index (Phi) is 7.44. The van der Waals surface area contributed by atoms with E-state index in [1.165, 1.54) is 12.8 Å². The molecule has 0 aliphatic heterocycles. The summed E-state index contributed by atoms with van der Waals surface area (Å²) >= 11 is 0. The van der Waals surface area contributed by atoms with Crippen LogP contribution in [0.15, 0.2) is 33.7 Å². The fourth-order valence-corrected chi connectivity index (χ4v) is 4.80. The molecule has 2 aromatic rings. The summed E-state index contributed by atoms with van der Waals surface area (Å²) in [6.07, 6.45) is 10.1. The Labute approximate surface area is 178 Å². The standard InChI is InChI=1S/C22H29N3O4S/c1-3-21(26)23-22-16(2)24-29-20(22)15-12-17-10-13-19(14-11-17)30(27,28)25-18-8-6-4-5-7-9-18/h10-15,18,25H,3-9H2,1-2H3,(H,23,26). The second-order valence-corrected chi connectivity index (χ2v) is 9.34. The van der Waals surface area contributed by atoms with Crippen molar-refractivity contribution in [2.45, 2.75) is 69.7 Å². The molecule has 1 amide bonds. The summed E-state index contributed by atoms with van der Waals surface area (Å²) in [7, 11) is -3.53. The SMILES string of the molecule is CCC(=O)Nc1c(C)noc1C=Cc1ccc(S(=O)(=O)NC2CCCCCC2)cc1. The molecule has 0 spiro atoms. The van der Waals surface area contributed by atoms with Crippen molar-refractivity contribution in [2.24, 2.45) is 0 Å². The second kappa shape index (κ2) is 10.0. The number of carbonyl (C=O) groups is 1. The van der Waals surface area contributed by atoms with Crippen LogP contribution in [-0.2, 0) is 14.8 Å². The summed E-state index contributed by atoms with van der Waals surface area (Å²) in [6, 6.07) is 6.70. The molecule has 162 valence electrons. The third-order valence-corrected chi connectivity index (χ3v) is 6.81. The van der Waals surface area contributed by atoms with Gasteiger partial charge in [0.15, 0.2) is 5.76 Å². The lowest BCUT2D eigenvalue weighted by molar-refractivity contribution is -0.115. The molecule has 8 heteroatoms. The molecule has 30 heavy (non-hydrogen) atoms. The van der Waals surface area contributed by atoms with Crippen LogP contribution in [0, 0.1) is 6.92 Å². The van der Waals surface area contributed by atoms with Crippen LogP contribution >= 0.6 is 0 Å². The number of carbonyl (C=O) groups excluding carboxylic acids is 1. The first-order chi connectivity index (χ1) is 14.4. The monoisotopic (exact) mass is 431 g/mol. The van der Waals surface area contributed by atoms with Crippen LogP contribution in [0.25, 0.3) is 12.2 Å². The zero-order valence-electron chi connectivity index (χ0n) is 17.5. The van der Waals surface area contributed by atoms with Crippen LogP contribution in [0.3, 0.4) is 0 Å². The zero-order chi connectivity index (χ0) is 21.6. The average Bonchev–Trinajstić information content (AvgIpc) is 2.91. The van der Waals surface area contributed by atoms with Gasteiger partial charge in [0.25, 0.3) is 0 Å². The van der Waals surface area contributed by atoms with Gasteiger partial charge in [0.05, 0.1) is 4.90 Å². The number of aryl methyl sites for hydroxylation is 1. The molecule has 1 aromatic heterocycles. The van der Waals surface area contributed by atoms with Gasteiger partial charge in [0, 0.05) is 12.5 Å². The van der Waals surface area contributed by atoms with Crippen molar-refractivity contribution >= 4 is 33.8 Å². The summed E-state index contributed by atoms with van der Waals surface area (Å²) in [5.41, 5.74) is 1.96. The van der Waals surface area contributed by atoms with Crippen molar-refractivity contribution < 1.29 is 17.7 Å². The molecular formula is C22H29N3O4S. The molecule has 3 rings (SSSR count). The summed E-state index contributed by atoms with van der Waals surface area (Å²) in [4.78, 5) is 11.9. The lowest BCUT2D eigenvalue weighted by Crippen LogP contribution is -2.34. The molecule has 2 N–H and O–H groups in total. The van der Waals surface area contributed by atoms with E-state index in [4.69, 9.17) is 4.52 Å². The Bertz CT molecular complexity index is 986. The van der Waals surface area contributed by atoms with Crippen LogP contribution in [0.1, 0.15) is 68.9 Å². The van der Waals surface area contributed by atoms with Crippen molar-refractivity contribution in [3.05, 3.63) is 41.3 Å².